The first kappa shape index (κ1) is 26.2. The van der Waals surface area contributed by atoms with Crippen molar-refractivity contribution in [2.45, 2.75) is 76.9 Å². The second-order valence-corrected chi connectivity index (χ2v) is 10.3. The third-order valence-electron chi connectivity index (χ3n) is 7.96. The van der Waals surface area contributed by atoms with Crippen LogP contribution in [0.15, 0.2) is 12.3 Å². The number of rotatable bonds is 4. The Labute approximate surface area is 200 Å². The molecule has 0 aromatic carbocycles. The molecule has 1 N–H and O–H groups in total. The van der Waals surface area contributed by atoms with Crippen molar-refractivity contribution in [3.05, 3.63) is 29.1 Å². The first-order chi connectivity index (χ1) is 16.3. The van der Waals surface area contributed by atoms with Crippen molar-refractivity contribution in [1.29, 1.82) is 0 Å². The second kappa shape index (κ2) is 9.53. The predicted octanol–water partition coefficient (Wildman–Crippen LogP) is 4.74. The van der Waals surface area contributed by atoms with Gasteiger partial charge in [-0.2, -0.15) is 26.3 Å². The van der Waals surface area contributed by atoms with Gasteiger partial charge in [0.05, 0.1) is 23.5 Å². The Bertz CT molecular complexity index is 935. The SMILES string of the molecule is CC(C)[C@]1(C(=O)N2CCc3ncc(C(F)(F)F)cc3C2)CC[C@@H](N[C@@H]2CCOC[C@H]2C(F)(F)F)C1. The van der Waals surface area contributed by atoms with E-state index in [1.807, 2.05) is 13.8 Å². The highest BCUT2D eigenvalue weighted by molar-refractivity contribution is 5.83. The summed E-state index contributed by atoms with van der Waals surface area (Å²) in [4.78, 5) is 19.3. The summed E-state index contributed by atoms with van der Waals surface area (Å²) in [6.07, 6.45) is -5.96. The van der Waals surface area contributed by atoms with E-state index in [2.05, 4.69) is 10.3 Å². The third-order valence-corrected chi connectivity index (χ3v) is 7.96. The van der Waals surface area contributed by atoms with E-state index in [0.29, 0.717) is 43.5 Å². The zero-order valence-electron chi connectivity index (χ0n) is 19.8. The predicted molar refractivity (Wildman–Crippen MR) is 115 cm³/mol. The molecule has 1 aromatic heterocycles. The van der Waals surface area contributed by atoms with Crippen LogP contribution in [0, 0.1) is 17.3 Å². The van der Waals surface area contributed by atoms with Crippen LogP contribution in [0.3, 0.4) is 0 Å². The first-order valence-corrected chi connectivity index (χ1v) is 12.1. The summed E-state index contributed by atoms with van der Waals surface area (Å²) in [6, 6.07) is 0.0519. The molecule has 196 valence electrons. The van der Waals surface area contributed by atoms with Crippen molar-refractivity contribution in [2.75, 3.05) is 19.8 Å². The van der Waals surface area contributed by atoms with Gasteiger partial charge in [0.1, 0.15) is 0 Å². The Hall–Kier alpha value is -1.88. The van der Waals surface area contributed by atoms with Crippen LogP contribution in [0.5, 0.6) is 0 Å². The molecule has 3 aliphatic rings. The van der Waals surface area contributed by atoms with Gasteiger partial charge in [-0.15, -0.1) is 0 Å². The molecule has 11 heteroatoms. The summed E-state index contributed by atoms with van der Waals surface area (Å²) in [6.45, 7) is 4.14. The minimum atomic E-state index is -4.52. The Kier molecular flexibility index (Phi) is 7.13. The molecule has 1 saturated heterocycles. The Morgan fingerprint density at radius 2 is 1.97 bits per heavy atom. The average molecular weight is 508 g/mol. The molecule has 2 fully saturated rings. The fourth-order valence-electron chi connectivity index (χ4n) is 5.82. The van der Waals surface area contributed by atoms with Gasteiger partial charge in [-0.25, -0.2) is 0 Å². The number of pyridine rings is 1. The fraction of sp³-hybridized carbons (Fsp3) is 0.750. The van der Waals surface area contributed by atoms with Crippen LogP contribution in [0.4, 0.5) is 26.3 Å². The number of hydrogen-bond acceptors (Lipinski definition) is 4. The molecule has 1 saturated carbocycles. The maximum absolute atomic E-state index is 13.8. The third kappa shape index (κ3) is 5.30. The highest BCUT2D eigenvalue weighted by Gasteiger charge is 2.52. The van der Waals surface area contributed by atoms with Crippen LogP contribution in [-0.2, 0) is 28.7 Å². The van der Waals surface area contributed by atoms with E-state index in [1.165, 1.54) is 0 Å². The van der Waals surface area contributed by atoms with E-state index in [4.69, 9.17) is 4.74 Å². The van der Waals surface area contributed by atoms with Crippen LogP contribution < -0.4 is 5.32 Å². The summed E-state index contributed by atoms with van der Waals surface area (Å²) in [5, 5.41) is 3.18. The number of fused-ring (bicyclic) bond motifs is 1. The van der Waals surface area contributed by atoms with Gasteiger partial charge in [-0.1, -0.05) is 13.8 Å². The Morgan fingerprint density at radius 1 is 1.23 bits per heavy atom. The van der Waals surface area contributed by atoms with Crippen molar-refractivity contribution in [3.63, 3.8) is 0 Å². The lowest BCUT2D eigenvalue weighted by atomic mass is 9.74. The number of halogens is 6. The van der Waals surface area contributed by atoms with Gasteiger partial charge in [0.15, 0.2) is 0 Å². The summed E-state index contributed by atoms with van der Waals surface area (Å²) in [5.74, 6) is -1.80. The van der Waals surface area contributed by atoms with Crippen molar-refractivity contribution < 1.29 is 35.9 Å². The highest BCUT2D eigenvalue weighted by Crippen LogP contribution is 2.47. The van der Waals surface area contributed by atoms with Crippen molar-refractivity contribution in [3.8, 4) is 0 Å². The van der Waals surface area contributed by atoms with Crippen molar-refractivity contribution in [2.24, 2.45) is 17.3 Å². The van der Waals surface area contributed by atoms with Gasteiger partial charge >= 0.3 is 12.4 Å². The molecule has 0 radical (unpaired) electrons. The molecular formula is C24H31F6N3O2. The number of nitrogens with zero attached hydrogens (tertiary/aromatic N) is 2. The molecule has 4 atom stereocenters. The molecular weight excluding hydrogens is 476 g/mol. The number of nitrogens with one attached hydrogen (secondary N) is 1. The van der Waals surface area contributed by atoms with E-state index < -0.39 is 35.3 Å². The molecule has 0 unspecified atom stereocenters. The van der Waals surface area contributed by atoms with Crippen LogP contribution >= 0.6 is 0 Å². The number of carbonyl (C=O) groups is 1. The summed E-state index contributed by atoms with van der Waals surface area (Å²) < 4.78 is 85.0. The molecule has 0 spiro atoms. The molecule has 35 heavy (non-hydrogen) atoms. The summed E-state index contributed by atoms with van der Waals surface area (Å²) >= 11 is 0. The van der Waals surface area contributed by atoms with Gasteiger partial charge in [-0.05, 0) is 43.2 Å². The lowest BCUT2D eigenvalue weighted by Crippen LogP contribution is -2.53. The van der Waals surface area contributed by atoms with Crippen LogP contribution in [-0.4, -0.2) is 53.8 Å². The normalized spacial score (nSPS) is 30.0. The minimum Gasteiger partial charge on any atom is -0.381 e. The molecule has 1 aliphatic carbocycles. The lowest BCUT2D eigenvalue weighted by molar-refractivity contribution is -0.208. The van der Waals surface area contributed by atoms with Crippen molar-refractivity contribution in [1.82, 2.24) is 15.2 Å². The molecule has 3 heterocycles. The topological polar surface area (TPSA) is 54.5 Å². The van der Waals surface area contributed by atoms with Crippen LogP contribution in [0.25, 0.3) is 0 Å². The van der Waals surface area contributed by atoms with E-state index in [-0.39, 0.29) is 44.0 Å². The maximum Gasteiger partial charge on any atom is 0.417 e. The largest absolute Gasteiger partial charge is 0.417 e. The van der Waals surface area contributed by atoms with Crippen LogP contribution in [0.1, 0.15) is 56.4 Å². The summed E-state index contributed by atoms with van der Waals surface area (Å²) in [5.41, 5.74) is -0.668. The smallest absolute Gasteiger partial charge is 0.381 e. The van der Waals surface area contributed by atoms with E-state index >= 15 is 0 Å². The highest BCUT2D eigenvalue weighted by atomic mass is 19.4. The molecule has 2 aliphatic heterocycles. The number of alkyl halides is 6. The number of hydrogen-bond donors (Lipinski definition) is 1. The average Bonchev–Trinajstić information content (AvgIpc) is 3.22. The molecule has 4 rings (SSSR count). The molecule has 5 nitrogen and oxygen atoms in total. The standard InChI is InChI=1S/C24H31F6N3O2/c1-14(2)22(6-3-17(10-22)32-20-5-8-35-13-18(20)24(28,29)30)21(34)33-7-4-19-15(12-33)9-16(11-31-19)23(25,26)27/h9,11,14,17-18,20,32H,3-8,10,12-13H2,1-2H3/t17-,18-,20-,22+/m1/s1. The maximum atomic E-state index is 13.8. The van der Waals surface area contributed by atoms with Gasteiger partial charge in [0.2, 0.25) is 5.91 Å². The zero-order chi connectivity index (χ0) is 25.6. The Balaban J connectivity index is 1.48. The molecule has 0 bridgehead atoms. The van der Waals surface area contributed by atoms with E-state index in [9.17, 15) is 31.1 Å². The number of aromatic nitrogens is 1. The van der Waals surface area contributed by atoms with Crippen molar-refractivity contribution >= 4 is 5.91 Å². The molecule has 1 amide bonds. The van der Waals surface area contributed by atoms with Gasteiger partial charge in [-0.3, -0.25) is 9.78 Å². The quantitative estimate of drug-likeness (QED) is 0.599. The number of carbonyl (C=O) groups excluding carboxylic acids is 1. The Morgan fingerprint density at radius 3 is 2.63 bits per heavy atom. The summed E-state index contributed by atoms with van der Waals surface area (Å²) in [7, 11) is 0. The monoisotopic (exact) mass is 507 g/mol. The number of ether oxygens (including phenoxy) is 1. The van der Waals surface area contributed by atoms with E-state index in [0.717, 1.165) is 12.3 Å². The van der Waals surface area contributed by atoms with Gasteiger partial charge < -0.3 is 15.0 Å². The second-order valence-electron chi connectivity index (χ2n) is 10.3. The minimum absolute atomic E-state index is 0.0494. The fourth-order valence-corrected chi connectivity index (χ4v) is 5.82. The first-order valence-electron chi connectivity index (χ1n) is 12.1. The van der Waals surface area contributed by atoms with Gasteiger partial charge in [0.25, 0.3) is 0 Å². The molecule has 1 aromatic rings. The van der Waals surface area contributed by atoms with Crippen LogP contribution in [0.2, 0.25) is 0 Å². The van der Waals surface area contributed by atoms with E-state index in [1.54, 1.807) is 4.90 Å². The zero-order valence-corrected chi connectivity index (χ0v) is 19.8. The number of amides is 1. The lowest BCUT2D eigenvalue weighted by Gasteiger charge is -2.40. The van der Waals surface area contributed by atoms with Gasteiger partial charge in [0, 0.05) is 50.1 Å².